The fraction of sp³-hybridized carbons (Fsp3) is 0.217. The number of hydrogen-bond acceptors (Lipinski definition) is 5. The van der Waals surface area contributed by atoms with Crippen LogP contribution in [0.5, 0.6) is 11.5 Å². The Morgan fingerprint density at radius 1 is 1.24 bits per heavy atom. The van der Waals surface area contributed by atoms with E-state index in [4.69, 9.17) is 9.47 Å². The Hall–Kier alpha value is -3.54. The van der Waals surface area contributed by atoms with Crippen molar-refractivity contribution in [3.05, 3.63) is 65.0 Å². The minimum atomic E-state index is -0.479. The second kappa shape index (κ2) is 7.47. The third-order valence-corrected chi connectivity index (χ3v) is 4.97. The molecule has 3 aromatic rings. The van der Waals surface area contributed by atoms with Crippen molar-refractivity contribution in [3.8, 4) is 11.5 Å². The molecule has 29 heavy (non-hydrogen) atoms. The van der Waals surface area contributed by atoms with E-state index in [1.807, 2.05) is 31.3 Å². The fourth-order valence-electron chi connectivity index (χ4n) is 3.55. The molecule has 0 unspecified atom stereocenters. The van der Waals surface area contributed by atoms with E-state index in [9.17, 15) is 9.59 Å². The van der Waals surface area contributed by atoms with Crippen molar-refractivity contribution in [2.45, 2.75) is 20.4 Å². The molecule has 4 rings (SSSR count). The van der Waals surface area contributed by atoms with Crippen LogP contribution in [0.25, 0.3) is 17.0 Å². The highest BCUT2D eigenvalue weighted by molar-refractivity contribution is 6.16. The number of carbonyl (C=O) groups excluding carboxylic acids is 2. The molecule has 0 bridgehead atoms. The summed E-state index contributed by atoms with van der Waals surface area (Å²) in [6, 6.07) is 11.4. The lowest BCUT2D eigenvalue weighted by Crippen LogP contribution is -2.12. The molecule has 1 aliphatic heterocycles. The van der Waals surface area contributed by atoms with Crippen LogP contribution >= 0.6 is 0 Å². The molecule has 0 saturated heterocycles. The number of fused-ring (bicyclic) bond motifs is 2. The molecule has 0 atom stereocenters. The molecule has 6 heteroatoms. The lowest BCUT2D eigenvalue weighted by Gasteiger charge is -2.08. The zero-order valence-electron chi connectivity index (χ0n) is 16.5. The Morgan fingerprint density at radius 3 is 2.79 bits per heavy atom. The van der Waals surface area contributed by atoms with Gasteiger partial charge >= 0.3 is 5.97 Å². The number of methoxy groups -OCH3 is 1. The molecule has 0 saturated carbocycles. The van der Waals surface area contributed by atoms with Crippen molar-refractivity contribution >= 4 is 28.7 Å². The van der Waals surface area contributed by atoms with Crippen molar-refractivity contribution < 1.29 is 23.8 Å². The van der Waals surface area contributed by atoms with Crippen molar-refractivity contribution in [1.82, 2.24) is 4.57 Å². The van der Waals surface area contributed by atoms with Crippen LogP contribution in [0.15, 0.2) is 48.4 Å². The SMILES string of the molecule is CCn1cc(/C=C2\Oc3cc(OCC(=O)OC)cc(C)c3C2=O)c2ccccc21. The van der Waals surface area contributed by atoms with Crippen LogP contribution in [0.4, 0.5) is 0 Å². The number of rotatable bonds is 5. The fourth-order valence-corrected chi connectivity index (χ4v) is 3.55. The van der Waals surface area contributed by atoms with Gasteiger partial charge in [-0.15, -0.1) is 0 Å². The predicted molar refractivity (Wildman–Crippen MR) is 109 cm³/mol. The Balaban J connectivity index is 1.68. The summed E-state index contributed by atoms with van der Waals surface area (Å²) < 4.78 is 18.0. The highest BCUT2D eigenvalue weighted by atomic mass is 16.6. The van der Waals surface area contributed by atoms with Crippen LogP contribution in [0.2, 0.25) is 0 Å². The van der Waals surface area contributed by atoms with E-state index in [1.165, 1.54) is 7.11 Å². The maximum Gasteiger partial charge on any atom is 0.343 e. The number of carbonyl (C=O) groups is 2. The first-order valence-electron chi connectivity index (χ1n) is 9.38. The van der Waals surface area contributed by atoms with Gasteiger partial charge in [0, 0.05) is 35.3 Å². The van der Waals surface area contributed by atoms with E-state index >= 15 is 0 Å². The van der Waals surface area contributed by atoms with Crippen molar-refractivity contribution in [2.24, 2.45) is 0 Å². The van der Waals surface area contributed by atoms with Crippen LogP contribution in [-0.4, -0.2) is 30.0 Å². The maximum atomic E-state index is 12.9. The minimum absolute atomic E-state index is 0.162. The Bertz CT molecular complexity index is 1160. The van der Waals surface area contributed by atoms with Crippen LogP contribution < -0.4 is 9.47 Å². The monoisotopic (exact) mass is 391 g/mol. The molecule has 0 N–H and O–H groups in total. The van der Waals surface area contributed by atoms with Crippen LogP contribution in [-0.2, 0) is 16.1 Å². The van der Waals surface area contributed by atoms with Gasteiger partial charge in [0.05, 0.1) is 12.7 Å². The number of ketones is 1. The summed E-state index contributed by atoms with van der Waals surface area (Å²) in [4.78, 5) is 24.2. The summed E-state index contributed by atoms with van der Waals surface area (Å²) in [6.07, 6.45) is 3.81. The smallest absolute Gasteiger partial charge is 0.343 e. The summed E-state index contributed by atoms with van der Waals surface area (Å²) >= 11 is 0. The number of benzene rings is 2. The van der Waals surface area contributed by atoms with Crippen molar-refractivity contribution in [1.29, 1.82) is 0 Å². The quantitative estimate of drug-likeness (QED) is 0.483. The first-order chi connectivity index (χ1) is 14.0. The minimum Gasteiger partial charge on any atom is -0.482 e. The van der Waals surface area contributed by atoms with E-state index in [0.29, 0.717) is 17.1 Å². The molecule has 0 aliphatic carbocycles. The molecule has 0 spiro atoms. The Kier molecular flexibility index (Phi) is 4.84. The zero-order valence-corrected chi connectivity index (χ0v) is 16.5. The molecule has 148 valence electrons. The van der Waals surface area contributed by atoms with Crippen molar-refractivity contribution in [3.63, 3.8) is 0 Å². The van der Waals surface area contributed by atoms with Gasteiger partial charge in [0.2, 0.25) is 5.78 Å². The number of para-hydroxylation sites is 1. The lowest BCUT2D eigenvalue weighted by atomic mass is 10.0. The van der Waals surface area contributed by atoms with Gasteiger partial charge in [0.25, 0.3) is 0 Å². The number of ether oxygens (including phenoxy) is 3. The highest BCUT2D eigenvalue weighted by Gasteiger charge is 2.30. The van der Waals surface area contributed by atoms with Gasteiger partial charge in [-0.1, -0.05) is 18.2 Å². The van der Waals surface area contributed by atoms with Gasteiger partial charge in [-0.05, 0) is 37.6 Å². The van der Waals surface area contributed by atoms with Crippen LogP contribution in [0, 0.1) is 6.92 Å². The molecule has 2 aromatic carbocycles. The number of aryl methyl sites for hydroxylation is 2. The number of aromatic nitrogens is 1. The van der Waals surface area contributed by atoms with Crippen molar-refractivity contribution in [2.75, 3.05) is 13.7 Å². The van der Waals surface area contributed by atoms with Crippen LogP contribution in [0.3, 0.4) is 0 Å². The predicted octanol–water partition coefficient (Wildman–Crippen LogP) is 4.14. The summed E-state index contributed by atoms with van der Waals surface area (Å²) in [6.45, 7) is 4.52. The summed E-state index contributed by atoms with van der Waals surface area (Å²) in [5, 5.41) is 1.06. The summed E-state index contributed by atoms with van der Waals surface area (Å²) in [5.74, 6) is 0.509. The molecule has 0 fully saturated rings. The average Bonchev–Trinajstić information content (AvgIpc) is 3.24. The number of Topliss-reactive ketones (excluding diaryl/α,β-unsaturated/α-hetero) is 1. The Morgan fingerprint density at radius 2 is 2.03 bits per heavy atom. The molecule has 0 radical (unpaired) electrons. The third-order valence-electron chi connectivity index (χ3n) is 4.97. The van der Waals surface area contributed by atoms with Gasteiger partial charge in [0.15, 0.2) is 12.4 Å². The first kappa shape index (κ1) is 18.8. The number of nitrogens with zero attached hydrogens (tertiary/aromatic N) is 1. The van der Waals surface area contributed by atoms with Gasteiger partial charge in [-0.3, -0.25) is 4.79 Å². The zero-order chi connectivity index (χ0) is 20.5. The first-order valence-corrected chi connectivity index (χ1v) is 9.38. The second-order valence-electron chi connectivity index (χ2n) is 6.81. The molecule has 1 aromatic heterocycles. The topological polar surface area (TPSA) is 66.8 Å². The van der Waals surface area contributed by atoms with E-state index in [0.717, 1.165) is 28.6 Å². The molecule has 1 aliphatic rings. The molecular formula is C23H21NO5. The second-order valence-corrected chi connectivity index (χ2v) is 6.81. The standard InChI is InChI=1S/C23H21NO5/c1-4-24-12-15(17-7-5-6-8-18(17)24)10-20-23(26)22-14(2)9-16(11-19(22)29-20)28-13-21(25)27-3/h5-12H,4,13H2,1-3H3/b20-10-. The number of hydrogen-bond donors (Lipinski definition) is 0. The van der Waals surface area contributed by atoms with Gasteiger partial charge in [-0.25, -0.2) is 4.79 Å². The van der Waals surface area contributed by atoms with Gasteiger partial charge in [-0.2, -0.15) is 0 Å². The van der Waals surface area contributed by atoms with E-state index in [2.05, 4.69) is 22.3 Å². The summed E-state index contributed by atoms with van der Waals surface area (Å²) in [7, 11) is 1.30. The number of allylic oxidation sites excluding steroid dienone is 1. The van der Waals surface area contributed by atoms with Crippen LogP contribution in [0.1, 0.15) is 28.4 Å². The average molecular weight is 391 g/mol. The van der Waals surface area contributed by atoms with Gasteiger partial charge in [0.1, 0.15) is 11.5 Å². The molecule has 0 amide bonds. The number of esters is 1. The molecular weight excluding hydrogens is 370 g/mol. The Labute approximate surface area is 168 Å². The third kappa shape index (κ3) is 3.38. The van der Waals surface area contributed by atoms with E-state index in [-0.39, 0.29) is 18.1 Å². The maximum absolute atomic E-state index is 12.9. The van der Waals surface area contributed by atoms with Gasteiger partial charge < -0.3 is 18.8 Å². The lowest BCUT2D eigenvalue weighted by molar-refractivity contribution is -0.142. The van der Waals surface area contributed by atoms with E-state index < -0.39 is 5.97 Å². The molecule has 2 heterocycles. The highest BCUT2D eigenvalue weighted by Crippen LogP contribution is 2.38. The van der Waals surface area contributed by atoms with E-state index in [1.54, 1.807) is 18.2 Å². The largest absolute Gasteiger partial charge is 0.482 e. The molecule has 6 nitrogen and oxygen atoms in total. The summed E-state index contributed by atoms with van der Waals surface area (Å²) in [5.41, 5.74) is 3.28. The normalized spacial score (nSPS) is 14.2.